The molecular formula is C25H24N2O7S. The van der Waals surface area contributed by atoms with E-state index in [1.54, 1.807) is 56.5 Å². The molecule has 2 amide bonds. The fourth-order valence-electron chi connectivity index (χ4n) is 3.62. The average Bonchev–Trinajstić information content (AvgIpc) is 3.29. The Kier molecular flexibility index (Phi) is 7.21. The third-order valence-electron chi connectivity index (χ3n) is 5.25. The number of benzene rings is 2. The number of anilines is 2. The van der Waals surface area contributed by atoms with Crippen molar-refractivity contribution in [2.24, 2.45) is 0 Å². The third kappa shape index (κ3) is 5.07. The zero-order chi connectivity index (χ0) is 24.9. The first-order valence-corrected chi connectivity index (χ1v) is 11.6. The molecule has 0 spiro atoms. The number of para-hydroxylation sites is 2. The summed E-state index contributed by atoms with van der Waals surface area (Å²) in [6, 6.07) is 14.1. The highest BCUT2D eigenvalue weighted by molar-refractivity contribution is 7.18. The molecule has 1 aromatic heterocycles. The standard InChI is InChI=1S/C25H24N2O7S/c1-4-33-25(30)24-16(12-21(35-24)15-9-10-19(31-2)20(11-15)32-3)26-22(28)13-27-17-7-5-6-8-18(17)34-14-23(27)29/h5-12H,4,13-14H2,1-3H3,(H,26,28). The van der Waals surface area contributed by atoms with Crippen LogP contribution < -0.4 is 24.4 Å². The van der Waals surface area contributed by atoms with Gasteiger partial charge in [0, 0.05) is 4.88 Å². The zero-order valence-corrected chi connectivity index (χ0v) is 20.3. The second kappa shape index (κ2) is 10.5. The number of rotatable bonds is 8. The zero-order valence-electron chi connectivity index (χ0n) is 19.5. The highest BCUT2D eigenvalue weighted by Crippen LogP contribution is 2.39. The maximum atomic E-state index is 13.0. The molecule has 0 saturated heterocycles. The van der Waals surface area contributed by atoms with Crippen LogP contribution >= 0.6 is 11.3 Å². The minimum Gasteiger partial charge on any atom is -0.493 e. The van der Waals surface area contributed by atoms with Crippen LogP contribution in [0.3, 0.4) is 0 Å². The lowest BCUT2D eigenvalue weighted by Gasteiger charge is -2.28. The average molecular weight is 497 g/mol. The van der Waals surface area contributed by atoms with Gasteiger partial charge >= 0.3 is 5.97 Å². The molecule has 0 aliphatic carbocycles. The third-order valence-corrected chi connectivity index (χ3v) is 6.41. The van der Waals surface area contributed by atoms with Crippen molar-refractivity contribution < 1.29 is 33.3 Å². The smallest absolute Gasteiger partial charge is 0.350 e. The van der Waals surface area contributed by atoms with E-state index in [0.29, 0.717) is 28.6 Å². The van der Waals surface area contributed by atoms with Crippen molar-refractivity contribution >= 4 is 40.5 Å². The van der Waals surface area contributed by atoms with E-state index in [-0.39, 0.29) is 30.5 Å². The van der Waals surface area contributed by atoms with E-state index in [0.717, 1.165) is 10.4 Å². The Labute approximate surface area is 206 Å². The molecule has 0 unspecified atom stereocenters. The van der Waals surface area contributed by atoms with Gasteiger partial charge in [-0.2, -0.15) is 0 Å². The summed E-state index contributed by atoms with van der Waals surface area (Å²) in [7, 11) is 3.09. The summed E-state index contributed by atoms with van der Waals surface area (Å²) in [6.45, 7) is 1.51. The molecular weight excluding hydrogens is 472 g/mol. The Morgan fingerprint density at radius 1 is 1.09 bits per heavy atom. The number of carbonyl (C=O) groups excluding carboxylic acids is 3. The van der Waals surface area contributed by atoms with Crippen molar-refractivity contribution in [1.82, 2.24) is 0 Å². The number of carbonyl (C=O) groups is 3. The van der Waals surface area contributed by atoms with E-state index in [1.807, 2.05) is 6.07 Å². The van der Waals surface area contributed by atoms with Crippen LogP contribution in [0, 0.1) is 0 Å². The molecule has 1 N–H and O–H groups in total. The summed E-state index contributed by atoms with van der Waals surface area (Å²) >= 11 is 1.18. The molecule has 0 bridgehead atoms. The van der Waals surface area contributed by atoms with Crippen molar-refractivity contribution in [3.63, 3.8) is 0 Å². The molecule has 0 saturated carbocycles. The van der Waals surface area contributed by atoms with Crippen molar-refractivity contribution in [2.45, 2.75) is 6.92 Å². The van der Waals surface area contributed by atoms with Gasteiger partial charge in [-0.25, -0.2) is 4.79 Å². The molecule has 3 aromatic rings. The molecule has 2 aromatic carbocycles. The Bertz CT molecular complexity index is 1270. The number of nitrogens with zero attached hydrogens (tertiary/aromatic N) is 1. The van der Waals surface area contributed by atoms with Gasteiger partial charge < -0.3 is 24.3 Å². The number of hydrogen-bond acceptors (Lipinski definition) is 8. The van der Waals surface area contributed by atoms with Crippen LogP contribution in [0.2, 0.25) is 0 Å². The largest absolute Gasteiger partial charge is 0.493 e. The molecule has 10 heteroatoms. The van der Waals surface area contributed by atoms with Gasteiger partial charge in [0.25, 0.3) is 5.91 Å². The fraction of sp³-hybridized carbons (Fsp3) is 0.240. The van der Waals surface area contributed by atoms with Crippen molar-refractivity contribution in [3.05, 3.63) is 53.4 Å². The molecule has 9 nitrogen and oxygen atoms in total. The molecule has 0 radical (unpaired) electrons. The van der Waals surface area contributed by atoms with Crippen LogP contribution in [0.25, 0.3) is 10.4 Å². The summed E-state index contributed by atoms with van der Waals surface area (Å²) in [6.07, 6.45) is 0. The van der Waals surface area contributed by atoms with Gasteiger partial charge in [-0.1, -0.05) is 12.1 Å². The van der Waals surface area contributed by atoms with Crippen LogP contribution in [0.15, 0.2) is 48.5 Å². The monoisotopic (exact) mass is 496 g/mol. The maximum absolute atomic E-state index is 13.0. The Morgan fingerprint density at radius 2 is 1.86 bits per heavy atom. The molecule has 0 atom stereocenters. The van der Waals surface area contributed by atoms with Crippen LogP contribution in [0.5, 0.6) is 17.2 Å². The lowest BCUT2D eigenvalue weighted by atomic mass is 10.1. The van der Waals surface area contributed by atoms with E-state index in [4.69, 9.17) is 18.9 Å². The number of nitrogens with one attached hydrogen (secondary N) is 1. The Hall–Kier alpha value is -4.05. The van der Waals surface area contributed by atoms with E-state index < -0.39 is 11.9 Å². The van der Waals surface area contributed by atoms with Crippen LogP contribution in [0.4, 0.5) is 11.4 Å². The van der Waals surface area contributed by atoms with Crippen molar-refractivity contribution in [3.8, 4) is 27.7 Å². The predicted molar refractivity (Wildman–Crippen MR) is 132 cm³/mol. The maximum Gasteiger partial charge on any atom is 0.350 e. The van der Waals surface area contributed by atoms with Gasteiger partial charge in [0.05, 0.1) is 32.2 Å². The van der Waals surface area contributed by atoms with Gasteiger partial charge in [0.2, 0.25) is 5.91 Å². The van der Waals surface area contributed by atoms with E-state index in [9.17, 15) is 14.4 Å². The quantitative estimate of drug-likeness (QED) is 0.471. The van der Waals surface area contributed by atoms with Gasteiger partial charge in [-0.3, -0.25) is 14.5 Å². The lowest BCUT2D eigenvalue weighted by Crippen LogP contribution is -2.43. The minimum atomic E-state index is -0.549. The summed E-state index contributed by atoms with van der Waals surface area (Å²) in [4.78, 5) is 40.4. The molecule has 1 aliphatic rings. The van der Waals surface area contributed by atoms with E-state index >= 15 is 0 Å². The number of thiophene rings is 1. The number of hydrogen-bond donors (Lipinski definition) is 1. The highest BCUT2D eigenvalue weighted by atomic mass is 32.1. The first kappa shape index (κ1) is 24.1. The number of esters is 1. The normalized spacial score (nSPS) is 12.4. The summed E-state index contributed by atoms with van der Waals surface area (Å²) < 4.78 is 21.3. The molecule has 182 valence electrons. The highest BCUT2D eigenvalue weighted by Gasteiger charge is 2.28. The van der Waals surface area contributed by atoms with Crippen molar-refractivity contribution in [1.29, 1.82) is 0 Å². The first-order chi connectivity index (χ1) is 16.9. The van der Waals surface area contributed by atoms with Crippen LogP contribution in [-0.2, 0) is 14.3 Å². The molecule has 4 rings (SSSR count). The Morgan fingerprint density at radius 3 is 2.60 bits per heavy atom. The Balaban J connectivity index is 1.61. The van der Waals surface area contributed by atoms with Crippen molar-refractivity contribution in [2.75, 3.05) is 44.2 Å². The molecule has 1 aliphatic heterocycles. The molecule has 2 heterocycles. The van der Waals surface area contributed by atoms with Gasteiger partial charge in [0.15, 0.2) is 18.1 Å². The summed E-state index contributed by atoms with van der Waals surface area (Å²) in [5.74, 6) is 0.289. The van der Waals surface area contributed by atoms with E-state index in [2.05, 4.69) is 5.32 Å². The second-order valence-electron chi connectivity index (χ2n) is 7.43. The van der Waals surface area contributed by atoms with Gasteiger partial charge in [0.1, 0.15) is 17.2 Å². The fourth-order valence-corrected chi connectivity index (χ4v) is 4.63. The second-order valence-corrected chi connectivity index (χ2v) is 8.48. The van der Waals surface area contributed by atoms with Gasteiger partial charge in [-0.15, -0.1) is 11.3 Å². The summed E-state index contributed by atoms with van der Waals surface area (Å²) in [5, 5.41) is 2.77. The van der Waals surface area contributed by atoms with Crippen LogP contribution in [0.1, 0.15) is 16.6 Å². The number of methoxy groups -OCH3 is 2. The number of fused-ring (bicyclic) bond motifs is 1. The molecule has 0 fully saturated rings. The first-order valence-electron chi connectivity index (χ1n) is 10.8. The number of ether oxygens (including phenoxy) is 4. The van der Waals surface area contributed by atoms with Gasteiger partial charge in [-0.05, 0) is 48.9 Å². The predicted octanol–water partition coefficient (Wildman–Crippen LogP) is 3.97. The lowest BCUT2D eigenvalue weighted by molar-refractivity contribution is -0.123. The number of amides is 2. The minimum absolute atomic E-state index is 0.153. The summed E-state index contributed by atoms with van der Waals surface area (Å²) in [5.41, 5.74) is 1.59. The topological polar surface area (TPSA) is 103 Å². The molecule has 35 heavy (non-hydrogen) atoms. The van der Waals surface area contributed by atoms with E-state index in [1.165, 1.54) is 23.3 Å². The van der Waals surface area contributed by atoms with Crippen LogP contribution in [-0.4, -0.2) is 51.8 Å². The SMILES string of the molecule is CCOC(=O)c1sc(-c2ccc(OC)c(OC)c2)cc1NC(=O)CN1C(=O)COc2ccccc21.